The summed E-state index contributed by atoms with van der Waals surface area (Å²) in [5.41, 5.74) is -0.329. The summed E-state index contributed by atoms with van der Waals surface area (Å²) in [6, 6.07) is 0. The summed E-state index contributed by atoms with van der Waals surface area (Å²) in [5.74, 6) is 0. The van der Waals surface area contributed by atoms with E-state index < -0.39 is 0 Å². The van der Waals surface area contributed by atoms with Gasteiger partial charge in [-0.15, -0.1) is 0 Å². The maximum atomic E-state index is 9.45. The van der Waals surface area contributed by atoms with Crippen molar-refractivity contribution in [1.29, 1.82) is 0 Å². The van der Waals surface area contributed by atoms with E-state index in [1.165, 1.54) is 5.06 Å². The number of aliphatic hydroxyl groups is 1. The van der Waals surface area contributed by atoms with Crippen LogP contribution in [-0.2, 0) is 0 Å². The first-order valence-corrected chi connectivity index (χ1v) is 4.58. The Morgan fingerprint density at radius 2 is 1.83 bits per heavy atom. The minimum Gasteiger partial charge on any atom is -0.393 e. The van der Waals surface area contributed by atoms with Crippen molar-refractivity contribution in [3.05, 3.63) is 0 Å². The molecule has 0 bridgehead atoms. The van der Waals surface area contributed by atoms with Crippen LogP contribution in [-0.4, -0.2) is 33.6 Å². The molecule has 0 rings (SSSR count). The molecule has 74 valence electrons. The zero-order valence-corrected chi connectivity index (χ0v) is 8.54. The molecule has 0 amide bonds. The van der Waals surface area contributed by atoms with Gasteiger partial charge in [-0.25, -0.2) is 0 Å². The smallest absolute Gasteiger partial charge is 0.0556 e. The van der Waals surface area contributed by atoms with E-state index in [2.05, 4.69) is 0 Å². The topological polar surface area (TPSA) is 43.7 Å². The van der Waals surface area contributed by atoms with Crippen molar-refractivity contribution in [2.45, 2.75) is 52.2 Å². The third-order valence-corrected chi connectivity index (χ3v) is 2.20. The van der Waals surface area contributed by atoms with E-state index >= 15 is 0 Å². The van der Waals surface area contributed by atoms with Crippen molar-refractivity contribution in [2.75, 3.05) is 6.54 Å². The van der Waals surface area contributed by atoms with Crippen LogP contribution in [0.25, 0.3) is 0 Å². The zero-order valence-electron chi connectivity index (χ0n) is 8.54. The predicted molar refractivity (Wildman–Crippen MR) is 49.2 cm³/mol. The molecule has 0 aromatic carbocycles. The second-order valence-corrected chi connectivity index (χ2v) is 3.79. The second-order valence-electron chi connectivity index (χ2n) is 3.79. The van der Waals surface area contributed by atoms with Crippen LogP contribution in [0.2, 0.25) is 0 Å². The summed E-state index contributed by atoms with van der Waals surface area (Å²) in [4.78, 5) is 0. The van der Waals surface area contributed by atoms with Crippen LogP contribution in [0.3, 0.4) is 0 Å². The molecule has 0 aromatic heterocycles. The van der Waals surface area contributed by atoms with Crippen molar-refractivity contribution in [2.24, 2.45) is 0 Å². The first kappa shape index (κ1) is 11.9. The Kier molecular flexibility index (Phi) is 4.75. The highest BCUT2D eigenvalue weighted by Gasteiger charge is 2.26. The molecule has 3 heteroatoms. The fraction of sp³-hybridized carbons (Fsp3) is 1.00. The van der Waals surface area contributed by atoms with Crippen LogP contribution in [0.15, 0.2) is 0 Å². The van der Waals surface area contributed by atoms with Crippen molar-refractivity contribution in [3.8, 4) is 0 Å². The summed E-state index contributed by atoms with van der Waals surface area (Å²) in [6.45, 7) is 8.27. The summed E-state index contributed by atoms with van der Waals surface area (Å²) < 4.78 is 0. The molecule has 0 aromatic rings. The largest absolute Gasteiger partial charge is 0.393 e. The molecule has 2 N–H and O–H groups in total. The van der Waals surface area contributed by atoms with E-state index in [0.29, 0.717) is 13.0 Å². The highest BCUT2D eigenvalue weighted by Crippen LogP contribution is 2.19. The molecule has 12 heavy (non-hydrogen) atoms. The van der Waals surface area contributed by atoms with Gasteiger partial charge in [0.2, 0.25) is 0 Å². The van der Waals surface area contributed by atoms with Crippen molar-refractivity contribution < 1.29 is 10.3 Å². The van der Waals surface area contributed by atoms with E-state index in [0.717, 1.165) is 6.42 Å². The van der Waals surface area contributed by atoms with Gasteiger partial charge in [-0.3, -0.25) is 0 Å². The Labute approximate surface area is 75.0 Å². The molecule has 0 spiro atoms. The average molecular weight is 175 g/mol. The van der Waals surface area contributed by atoms with Gasteiger partial charge < -0.3 is 10.3 Å². The van der Waals surface area contributed by atoms with Gasteiger partial charge in [0.25, 0.3) is 0 Å². The Morgan fingerprint density at radius 3 is 2.17 bits per heavy atom. The first-order valence-electron chi connectivity index (χ1n) is 4.58. The Morgan fingerprint density at radius 1 is 1.33 bits per heavy atom. The van der Waals surface area contributed by atoms with Gasteiger partial charge in [0, 0.05) is 12.1 Å². The average Bonchev–Trinajstić information content (AvgIpc) is 2.02. The summed E-state index contributed by atoms with van der Waals surface area (Å²) in [7, 11) is 0. The SMILES string of the molecule is CC[C@@H](O)CC(C)(C)N(O)CC. The lowest BCUT2D eigenvalue weighted by atomic mass is 9.95. The number of aliphatic hydroxyl groups excluding tert-OH is 1. The van der Waals surface area contributed by atoms with E-state index in [1.807, 2.05) is 27.7 Å². The van der Waals surface area contributed by atoms with Crippen molar-refractivity contribution in [3.63, 3.8) is 0 Å². The number of rotatable bonds is 5. The molecule has 0 saturated heterocycles. The normalized spacial score (nSPS) is 15.2. The van der Waals surface area contributed by atoms with Crippen LogP contribution in [0, 0.1) is 0 Å². The van der Waals surface area contributed by atoms with Gasteiger partial charge in [0.1, 0.15) is 0 Å². The summed E-state index contributed by atoms with van der Waals surface area (Å²) >= 11 is 0. The summed E-state index contributed by atoms with van der Waals surface area (Å²) in [5, 5.41) is 20.1. The highest BCUT2D eigenvalue weighted by molar-refractivity contribution is 4.78. The van der Waals surface area contributed by atoms with E-state index in [1.54, 1.807) is 0 Å². The highest BCUT2D eigenvalue weighted by atomic mass is 16.5. The van der Waals surface area contributed by atoms with Crippen LogP contribution >= 0.6 is 0 Å². The lowest BCUT2D eigenvalue weighted by molar-refractivity contribution is -0.168. The van der Waals surface area contributed by atoms with E-state index in [4.69, 9.17) is 0 Å². The number of hydroxylamine groups is 2. The number of nitrogens with zero attached hydrogens (tertiary/aromatic N) is 1. The molecule has 0 fully saturated rings. The quantitative estimate of drug-likeness (QED) is 0.624. The van der Waals surface area contributed by atoms with Gasteiger partial charge in [-0.1, -0.05) is 13.8 Å². The second kappa shape index (κ2) is 4.80. The van der Waals surface area contributed by atoms with Gasteiger partial charge in [-0.05, 0) is 26.7 Å². The minimum atomic E-state index is -0.329. The maximum absolute atomic E-state index is 9.45. The van der Waals surface area contributed by atoms with Gasteiger partial charge >= 0.3 is 0 Å². The molecule has 0 heterocycles. The van der Waals surface area contributed by atoms with Crippen molar-refractivity contribution in [1.82, 2.24) is 5.06 Å². The van der Waals surface area contributed by atoms with Gasteiger partial charge in [-0.2, -0.15) is 5.06 Å². The lowest BCUT2D eigenvalue weighted by Crippen LogP contribution is -2.43. The Hall–Kier alpha value is -0.120. The fourth-order valence-corrected chi connectivity index (χ4v) is 1.25. The van der Waals surface area contributed by atoms with Crippen LogP contribution in [0.1, 0.15) is 40.5 Å². The minimum absolute atomic E-state index is 0.318. The first-order chi connectivity index (χ1) is 5.44. The van der Waals surface area contributed by atoms with E-state index in [9.17, 15) is 10.3 Å². The third kappa shape index (κ3) is 3.52. The fourth-order valence-electron chi connectivity index (χ4n) is 1.25. The molecular formula is C9H21NO2. The summed E-state index contributed by atoms with van der Waals surface area (Å²) in [6.07, 6.45) is 1.02. The number of hydrogen-bond donors (Lipinski definition) is 2. The molecule has 0 unspecified atom stereocenters. The van der Waals surface area contributed by atoms with Crippen LogP contribution < -0.4 is 0 Å². The predicted octanol–water partition coefficient (Wildman–Crippen LogP) is 1.64. The number of hydrogen-bond acceptors (Lipinski definition) is 3. The Balaban J connectivity index is 4.02. The molecule has 0 aliphatic carbocycles. The lowest BCUT2D eigenvalue weighted by Gasteiger charge is -2.34. The van der Waals surface area contributed by atoms with Crippen molar-refractivity contribution >= 4 is 0 Å². The van der Waals surface area contributed by atoms with Crippen LogP contribution in [0.4, 0.5) is 0 Å². The monoisotopic (exact) mass is 175 g/mol. The molecule has 0 aliphatic heterocycles. The van der Waals surface area contributed by atoms with Gasteiger partial charge in [0.05, 0.1) is 6.10 Å². The standard InChI is InChI=1S/C9H21NO2/c1-5-8(11)7-9(3,4)10(12)6-2/h8,11-12H,5-7H2,1-4H3/t8-/m1/s1. The Bertz CT molecular complexity index is 126. The van der Waals surface area contributed by atoms with Crippen LogP contribution in [0.5, 0.6) is 0 Å². The molecule has 1 atom stereocenters. The van der Waals surface area contributed by atoms with E-state index in [-0.39, 0.29) is 11.6 Å². The molecule has 0 saturated carbocycles. The molecule has 0 radical (unpaired) electrons. The molecule has 3 nitrogen and oxygen atoms in total. The maximum Gasteiger partial charge on any atom is 0.0556 e. The molecular weight excluding hydrogens is 154 g/mol. The van der Waals surface area contributed by atoms with Gasteiger partial charge in [0.15, 0.2) is 0 Å². The third-order valence-electron chi connectivity index (χ3n) is 2.20. The molecule has 0 aliphatic rings. The zero-order chi connectivity index (χ0) is 9.78.